The number of rotatable bonds is 7. The largest absolute Gasteiger partial charge is 0.310 e. The quantitative estimate of drug-likeness (QED) is 0.145. The molecule has 1 aliphatic carbocycles. The first-order valence-electron chi connectivity index (χ1n) is 22.1. The van der Waals surface area contributed by atoms with E-state index in [1.165, 1.54) is 110 Å². The Balaban J connectivity index is 1.23. The second-order valence-corrected chi connectivity index (χ2v) is 16.6. The van der Waals surface area contributed by atoms with Crippen molar-refractivity contribution in [2.75, 3.05) is 4.90 Å². The zero-order valence-corrected chi connectivity index (χ0v) is 34.9. The third kappa shape index (κ3) is 6.24. The van der Waals surface area contributed by atoms with E-state index >= 15 is 0 Å². The Kier molecular flexibility index (Phi) is 9.04. The molecule has 0 bridgehead atoms. The standard InChI is InChI=1S/C62H43N/c1-4-20-44(21-5-1)55-41-56(45-22-6-2-7-23-45)61-53-34-15-14-32-51(53)57-40-47(38-39-54(57)62(61)60(55)46-26-8-3-9-27-46)63(58-37-19-29-43-25-11-13-31-49(43)58)59-36-17-16-33-52(59)50-35-18-28-42-24-10-12-30-48(42)50/h1-15,17-32,34-41H,16,33H2. The van der Waals surface area contributed by atoms with Gasteiger partial charge in [0.2, 0.25) is 0 Å². The second kappa shape index (κ2) is 15.5. The summed E-state index contributed by atoms with van der Waals surface area (Å²) in [6.07, 6.45) is 6.67. The monoisotopic (exact) mass is 801 g/mol. The lowest BCUT2D eigenvalue weighted by atomic mass is 9.81. The minimum Gasteiger partial charge on any atom is -0.310 e. The van der Waals surface area contributed by atoms with Gasteiger partial charge in [0.25, 0.3) is 0 Å². The number of nitrogens with zero attached hydrogens (tertiary/aromatic N) is 1. The average Bonchev–Trinajstić information content (AvgIpc) is 3.37. The lowest BCUT2D eigenvalue weighted by Crippen LogP contribution is -2.19. The van der Waals surface area contributed by atoms with Gasteiger partial charge in [-0.25, -0.2) is 0 Å². The fourth-order valence-electron chi connectivity index (χ4n) is 10.3. The summed E-state index contributed by atoms with van der Waals surface area (Å²) in [7, 11) is 0. The molecule has 1 nitrogen and oxygen atoms in total. The molecule has 0 N–H and O–H groups in total. The fourth-order valence-corrected chi connectivity index (χ4v) is 10.3. The molecule has 0 aromatic heterocycles. The SMILES string of the molecule is C1=CC(N(c2ccc3c(c2)c2ccccc2c2c(-c4ccccc4)cc(-c4ccccc4)c(-c4ccccc4)c32)c2cccc3ccccc23)=C(c2cccc3ccccc23)CC1. The molecule has 11 aromatic carbocycles. The normalized spacial score (nSPS) is 12.8. The highest BCUT2D eigenvalue weighted by atomic mass is 15.2. The van der Waals surface area contributed by atoms with Crippen molar-refractivity contribution in [3.8, 4) is 33.4 Å². The van der Waals surface area contributed by atoms with Gasteiger partial charge in [0.05, 0.1) is 5.69 Å². The molecule has 63 heavy (non-hydrogen) atoms. The maximum absolute atomic E-state index is 2.54. The Morgan fingerprint density at radius 3 is 1.63 bits per heavy atom. The Morgan fingerprint density at radius 2 is 0.905 bits per heavy atom. The molecule has 1 heteroatoms. The van der Waals surface area contributed by atoms with Crippen LogP contribution < -0.4 is 4.90 Å². The first-order chi connectivity index (χ1) is 31.3. The van der Waals surface area contributed by atoms with E-state index in [2.05, 4.69) is 242 Å². The van der Waals surface area contributed by atoms with E-state index in [-0.39, 0.29) is 0 Å². The second-order valence-electron chi connectivity index (χ2n) is 16.6. The van der Waals surface area contributed by atoms with Crippen molar-refractivity contribution in [3.63, 3.8) is 0 Å². The van der Waals surface area contributed by atoms with E-state index in [0.29, 0.717) is 0 Å². The molecule has 0 saturated carbocycles. The molecule has 0 amide bonds. The lowest BCUT2D eigenvalue weighted by Gasteiger charge is -2.32. The van der Waals surface area contributed by atoms with Crippen molar-refractivity contribution in [1.82, 2.24) is 0 Å². The molecular weight excluding hydrogens is 759 g/mol. The van der Waals surface area contributed by atoms with Gasteiger partial charge in [0.15, 0.2) is 0 Å². The molecule has 0 atom stereocenters. The third-order valence-electron chi connectivity index (χ3n) is 13.1. The first-order valence-corrected chi connectivity index (χ1v) is 22.1. The van der Waals surface area contributed by atoms with Gasteiger partial charge < -0.3 is 4.90 Å². The summed E-state index contributed by atoms with van der Waals surface area (Å²) in [5.74, 6) is 0. The Bertz CT molecular complexity index is 3590. The predicted molar refractivity (Wildman–Crippen MR) is 271 cm³/mol. The summed E-state index contributed by atoms with van der Waals surface area (Å²) in [5.41, 5.74) is 13.5. The van der Waals surface area contributed by atoms with E-state index < -0.39 is 0 Å². The highest BCUT2D eigenvalue weighted by Crippen LogP contribution is 2.51. The summed E-state index contributed by atoms with van der Waals surface area (Å²) in [4.78, 5) is 2.54. The van der Waals surface area contributed by atoms with Crippen LogP contribution in [-0.4, -0.2) is 0 Å². The van der Waals surface area contributed by atoms with E-state index in [1.807, 2.05) is 0 Å². The van der Waals surface area contributed by atoms with Gasteiger partial charge in [0.1, 0.15) is 0 Å². The number of hydrogen-bond acceptors (Lipinski definition) is 1. The molecular formula is C62H43N. The van der Waals surface area contributed by atoms with Crippen LogP contribution in [0.2, 0.25) is 0 Å². The van der Waals surface area contributed by atoms with Gasteiger partial charge in [0, 0.05) is 16.8 Å². The maximum atomic E-state index is 2.54. The van der Waals surface area contributed by atoms with Gasteiger partial charge in [-0.1, -0.05) is 206 Å². The zero-order valence-electron chi connectivity index (χ0n) is 34.9. The molecule has 0 fully saturated rings. The Hall–Kier alpha value is -8.00. The van der Waals surface area contributed by atoms with Crippen LogP contribution in [0.25, 0.3) is 92.8 Å². The van der Waals surface area contributed by atoms with Crippen molar-refractivity contribution in [1.29, 1.82) is 0 Å². The van der Waals surface area contributed by atoms with Gasteiger partial charge >= 0.3 is 0 Å². The minimum absolute atomic E-state index is 0.952. The average molecular weight is 802 g/mol. The van der Waals surface area contributed by atoms with E-state index in [1.54, 1.807) is 0 Å². The summed E-state index contributed by atoms with van der Waals surface area (Å²) in [6, 6.07) is 82.8. The van der Waals surface area contributed by atoms with E-state index in [9.17, 15) is 0 Å². The lowest BCUT2D eigenvalue weighted by molar-refractivity contribution is 1.02. The van der Waals surface area contributed by atoms with Crippen LogP contribution in [0.1, 0.15) is 18.4 Å². The van der Waals surface area contributed by atoms with E-state index in [4.69, 9.17) is 0 Å². The molecule has 0 unspecified atom stereocenters. The molecule has 0 heterocycles. The molecule has 11 aromatic rings. The van der Waals surface area contributed by atoms with Crippen molar-refractivity contribution in [3.05, 3.63) is 248 Å². The van der Waals surface area contributed by atoms with Crippen LogP contribution in [0.5, 0.6) is 0 Å². The number of anilines is 2. The topological polar surface area (TPSA) is 3.24 Å². The molecule has 296 valence electrons. The summed E-state index contributed by atoms with van der Waals surface area (Å²) in [6.45, 7) is 0. The molecule has 0 radical (unpaired) electrons. The van der Waals surface area contributed by atoms with Crippen LogP contribution in [0.3, 0.4) is 0 Å². The van der Waals surface area contributed by atoms with Crippen molar-refractivity contribution in [2.45, 2.75) is 12.8 Å². The van der Waals surface area contributed by atoms with Crippen LogP contribution in [0.4, 0.5) is 11.4 Å². The first kappa shape index (κ1) is 36.8. The molecule has 0 aliphatic heterocycles. The van der Waals surface area contributed by atoms with Crippen LogP contribution in [0, 0.1) is 0 Å². The minimum atomic E-state index is 0.952. The van der Waals surface area contributed by atoms with Crippen LogP contribution >= 0.6 is 0 Å². The zero-order chi connectivity index (χ0) is 41.7. The maximum Gasteiger partial charge on any atom is 0.0540 e. The fraction of sp³-hybridized carbons (Fsp3) is 0.0323. The van der Waals surface area contributed by atoms with Gasteiger partial charge in [-0.3, -0.25) is 0 Å². The van der Waals surface area contributed by atoms with Crippen molar-refractivity contribution in [2.24, 2.45) is 0 Å². The summed E-state index contributed by atoms with van der Waals surface area (Å²) < 4.78 is 0. The van der Waals surface area contributed by atoms with Gasteiger partial charge in [-0.15, -0.1) is 0 Å². The number of fused-ring (bicyclic) bond motifs is 8. The molecule has 12 rings (SSSR count). The van der Waals surface area contributed by atoms with Gasteiger partial charge in [-0.2, -0.15) is 0 Å². The van der Waals surface area contributed by atoms with Crippen molar-refractivity contribution < 1.29 is 0 Å². The summed E-state index contributed by atoms with van der Waals surface area (Å²) >= 11 is 0. The van der Waals surface area contributed by atoms with Crippen molar-refractivity contribution >= 4 is 70.8 Å². The van der Waals surface area contributed by atoms with E-state index in [0.717, 1.165) is 18.5 Å². The predicted octanol–water partition coefficient (Wildman–Crippen LogP) is 17.4. The highest BCUT2D eigenvalue weighted by Gasteiger charge is 2.26. The van der Waals surface area contributed by atoms with Gasteiger partial charge in [-0.05, 0) is 136 Å². The highest BCUT2D eigenvalue weighted by molar-refractivity contribution is 6.33. The Labute approximate surface area is 368 Å². The molecule has 0 spiro atoms. The van der Waals surface area contributed by atoms with Crippen LogP contribution in [0.15, 0.2) is 242 Å². The number of hydrogen-bond donors (Lipinski definition) is 0. The number of allylic oxidation sites excluding steroid dienone is 3. The molecule has 0 saturated heterocycles. The smallest absolute Gasteiger partial charge is 0.0540 e. The van der Waals surface area contributed by atoms with Crippen LogP contribution in [-0.2, 0) is 0 Å². The summed E-state index contributed by atoms with van der Waals surface area (Å²) in [5, 5.41) is 12.5. The Morgan fingerprint density at radius 1 is 0.349 bits per heavy atom. The number of benzene rings is 11. The third-order valence-corrected chi connectivity index (χ3v) is 13.1. The molecule has 1 aliphatic rings.